The number of aryl methyl sites for hydroxylation is 2. The van der Waals surface area contributed by atoms with E-state index in [2.05, 4.69) is 63.4 Å². The van der Waals surface area contributed by atoms with Crippen molar-refractivity contribution in [3.63, 3.8) is 0 Å². The molecule has 1 N–H and O–H groups in total. The molecule has 1 fully saturated rings. The predicted molar refractivity (Wildman–Crippen MR) is 148 cm³/mol. The van der Waals surface area contributed by atoms with Crippen LogP contribution < -0.4 is 0 Å². The molecule has 0 saturated carbocycles. The maximum atomic E-state index is 8.65. The van der Waals surface area contributed by atoms with Crippen LogP contribution in [-0.2, 0) is 18.3 Å². The number of hydrogen-bond donors (Lipinski definition) is 1. The molecule has 7 rings (SSSR count). The van der Waals surface area contributed by atoms with Crippen LogP contribution in [0.25, 0.3) is 33.2 Å². The minimum atomic E-state index is 0.138. The Bertz CT molecular complexity index is 1680. The molecule has 0 amide bonds. The molecule has 0 unspecified atom stereocenters. The van der Waals surface area contributed by atoms with Crippen LogP contribution in [0.3, 0.4) is 0 Å². The third-order valence-electron chi connectivity index (χ3n) is 8.35. The van der Waals surface area contributed by atoms with E-state index in [4.69, 9.17) is 15.1 Å². The number of nitrogens with zero attached hydrogens (tertiary/aromatic N) is 6. The highest BCUT2D eigenvalue weighted by Crippen LogP contribution is 2.43. The summed E-state index contributed by atoms with van der Waals surface area (Å²) in [5.41, 5.74) is 9.62. The number of amidine groups is 1. The first kappa shape index (κ1) is 23.1. The highest BCUT2D eigenvalue weighted by molar-refractivity contribution is 6.14. The summed E-state index contributed by atoms with van der Waals surface area (Å²) >= 11 is 0. The Labute approximate surface area is 221 Å². The molecule has 8 heteroatoms. The zero-order valence-corrected chi connectivity index (χ0v) is 22.0. The lowest BCUT2D eigenvalue weighted by Gasteiger charge is -2.33. The van der Waals surface area contributed by atoms with Crippen molar-refractivity contribution in [2.75, 3.05) is 20.3 Å². The van der Waals surface area contributed by atoms with Crippen LogP contribution in [0.5, 0.6) is 0 Å². The summed E-state index contributed by atoms with van der Waals surface area (Å²) in [6.45, 7) is 4.27. The Hall–Kier alpha value is -4.04. The molecule has 0 aliphatic carbocycles. The van der Waals surface area contributed by atoms with Crippen LogP contribution >= 0.6 is 0 Å². The van der Waals surface area contributed by atoms with Crippen molar-refractivity contribution in [2.24, 2.45) is 13.0 Å². The van der Waals surface area contributed by atoms with Gasteiger partial charge in [-0.15, -0.1) is 5.10 Å². The van der Waals surface area contributed by atoms with Crippen LogP contribution in [0, 0.1) is 18.3 Å². The fourth-order valence-corrected chi connectivity index (χ4v) is 6.57. The molecule has 1 saturated heterocycles. The zero-order chi connectivity index (χ0) is 26.0. The van der Waals surface area contributed by atoms with Crippen LogP contribution in [-0.4, -0.2) is 55.5 Å². The van der Waals surface area contributed by atoms with Gasteiger partial charge in [-0.25, -0.2) is 4.68 Å². The molecule has 0 bridgehead atoms. The van der Waals surface area contributed by atoms with Crippen molar-refractivity contribution in [3.05, 3.63) is 77.1 Å². The maximum Gasteiger partial charge on any atom is 0.128 e. The molecule has 0 spiro atoms. The highest BCUT2D eigenvalue weighted by Gasteiger charge is 2.33. The van der Waals surface area contributed by atoms with E-state index in [9.17, 15) is 0 Å². The van der Waals surface area contributed by atoms with Gasteiger partial charge in [0.25, 0.3) is 0 Å². The largest absolute Gasteiger partial charge is 0.381 e. The van der Waals surface area contributed by atoms with Crippen molar-refractivity contribution in [3.8, 4) is 11.3 Å². The number of aromatic nitrogens is 5. The van der Waals surface area contributed by atoms with Crippen molar-refractivity contribution >= 4 is 27.8 Å². The van der Waals surface area contributed by atoms with E-state index in [0.717, 1.165) is 65.0 Å². The summed E-state index contributed by atoms with van der Waals surface area (Å²) in [5.74, 6) is 1.00. The molecule has 38 heavy (non-hydrogen) atoms. The van der Waals surface area contributed by atoms with Gasteiger partial charge in [0, 0.05) is 56.6 Å². The summed E-state index contributed by atoms with van der Waals surface area (Å²) in [4.78, 5) is 7.13. The first-order chi connectivity index (χ1) is 18.5. The standard InChI is InChI=1S/C30H31N7O/c1-18-28(36(3)34-33-18)21-15-25-27(32-16-21)26-23-17-35(2)30(31)22(23)9-10-24(26)37(25)29(19-7-5-4-6-8-19)20-11-13-38-14-12-20/h4-10,15-16,20,29,31H,11-14,17H2,1-3H3/t29-/m1/s1. The number of fused-ring (bicyclic) bond motifs is 5. The quantitative estimate of drug-likeness (QED) is 0.368. The van der Waals surface area contributed by atoms with E-state index in [0.29, 0.717) is 18.3 Å². The van der Waals surface area contributed by atoms with Gasteiger partial charge in [0.1, 0.15) is 5.84 Å². The van der Waals surface area contributed by atoms with E-state index < -0.39 is 0 Å². The molecule has 5 aromatic rings. The lowest BCUT2D eigenvalue weighted by atomic mass is 9.86. The van der Waals surface area contributed by atoms with Crippen LogP contribution in [0.4, 0.5) is 0 Å². The first-order valence-electron chi connectivity index (χ1n) is 13.3. The summed E-state index contributed by atoms with van der Waals surface area (Å²) in [6.07, 6.45) is 3.97. The number of benzene rings is 2. The molecule has 2 aliphatic rings. The minimum Gasteiger partial charge on any atom is -0.381 e. The molecule has 192 valence electrons. The van der Waals surface area contributed by atoms with Crippen molar-refractivity contribution < 1.29 is 4.74 Å². The zero-order valence-electron chi connectivity index (χ0n) is 22.0. The second-order valence-corrected chi connectivity index (χ2v) is 10.6. The lowest BCUT2D eigenvalue weighted by molar-refractivity contribution is 0.0553. The Kier molecular flexibility index (Phi) is 5.33. The third kappa shape index (κ3) is 3.40. The van der Waals surface area contributed by atoms with Gasteiger partial charge in [0.05, 0.1) is 34.0 Å². The van der Waals surface area contributed by atoms with E-state index in [1.54, 1.807) is 0 Å². The smallest absolute Gasteiger partial charge is 0.128 e. The molecule has 2 aliphatic heterocycles. The number of pyridine rings is 1. The number of rotatable bonds is 4. The van der Waals surface area contributed by atoms with Gasteiger partial charge in [-0.05, 0) is 55.0 Å². The van der Waals surface area contributed by atoms with Gasteiger partial charge in [-0.1, -0.05) is 35.5 Å². The van der Waals surface area contributed by atoms with Gasteiger partial charge >= 0.3 is 0 Å². The SMILES string of the molecule is Cc1nnn(C)c1-c1cnc2c3c4c(ccc3n([C@H](c3ccccc3)C3CCOCC3)c2c1)C(=N)N(C)C4. The Balaban J connectivity index is 1.57. The van der Waals surface area contributed by atoms with E-state index in [-0.39, 0.29) is 6.04 Å². The third-order valence-corrected chi connectivity index (χ3v) is 8.35. The van der Waals surface area contributed by atoms with Gasteiger partial charge in [-0.3, -0.25) is 10.4 Å². The van der Waals surface area contributed by atoms with Crippen LogP contribution in [0.15, 0.2) is 54.7 Å². The number of ether oxygens (including phenoxy) is 1. The summed E-state index contributed by atoms with van der Waals surface area (Å²) in [6, 6.07) is 17.6. The average molecular weight is 506 g/mol. The van der Waals surface area contributed by atoms with Gasteiger partial charge in [0.2, 0.25) is 0 Å². The number of hydrogen-bond acceptors (Lipinski definition) is 5. The van der Waals surface area contributed by atoms with E-state index >= 15 is 0 Å². The first-order valence-corrected chi connectivity index (χ1v) is 13.3. The second kappa shape index (κ2) is 8.77. The lowest BCUT2D eigenvalue weighted by Crippen LogP contribution is -2.26. The summed E-state index contributed by atoms with van der Waals surface area (Å²) < 4.78 is 10.1. The molecule has 8 nitrogen and oxygen atoms in total. The molecule has 1 atom stereocenters. The summed E-state index contributed by atoms with van der Waals surface area (Å²) in [5, 5.41) is 18.3. The average Bonchev–Trinajstić information content (AvgIpc) is 3.55. The van der Waals surface area contributed by atoms with Gasteiger partial charge < -0.3 is 14.2 Å². The molecule has 3 aromatic heterocycles. The highest BCUT2D eigenvalue weighted by atomic mass is 16.5. The van der Waals surface area contributed by atoms with Crippen LogP contribution in [0.1, 0.15) is 41.3 Å². The predicted octanol–water partition coefficient (Wildman–Crippen LogP) is 5.08. The fraction of sp³-hybridized carbons (Fsp3) is 0.333. The Morgan fingerprint density at radius 2 is 1.82 bits per heavy atom. The van der Waals surface area contributed by atoms with E-state index in [1.807, 2.05) is 36.8 Å². The van der Waals surface area contributed by atoms with Crippen LogP contribution in [0.2, 0.25) is 0 Å². The molecule has 0 radical (unpaired) electrons. The normalized spacial score (nSPS) is 17.0. The minimum absolute atomic E-state index is 0.138. The van der Waals surface area contributed by atoms with Gasteiger partial charge in [0.15, 0.2) is 0 Å². The fourth-order valence-electron chi connectivity index (χ4n) is 6.57. The molecule has 2 aromatic carbocycles. The van der Waals surface area contributed by atoms with Crippen molar-refractivity contribution in [1.29, 1.82) is 5.41 Å². The van der Waals surface area contributed by atoms with Crippen molar-refractivity contribution in [1.82, 2.24) is 29.4 Å². The topological polar surface area (TPSA) is 84.9 Å². The Morgan fingerprint density at radius 3 is 2.55 bits per heavy atom. The van der Waals surface area contributed by atoms with Gasteiger partial charge in [-0.2, -0.15) is 0 Å². The molecule has 5 heterocycles. The van der Waals surface area contributed by atoms with Crippen molar-refractivity contribution in [2.45, 2.75) is 32.4 Å². The number of nitrogens with one attached hydrogen (secondary N) is 1. The Morgan fingerprint density at radius 1 is 1.03 bits per heavy atom. The second-order valence-electron chi connectivity index (χ2n) is 10.6. The summed E-state index contributed by atoms with van der Waals surface area (Å²) in [7, 11) is 3.92. The van der Waals surface area contributed by atoms with E-state index in [1.165, 1.54) is 16.6 Å². The molecular weight excluding hydrogens is 474 g/mol. The molecular formula is C30H31N7O. The monoisotopic (exact) mass is 505 g/mol. The maximum absolute atomic E-state index is 8.65.